The average Bonchev–Trinajstić information content (AvgIpc) is 2.57. The molecular weight excluding hydrogens is 371 g/mol. The number of aryl methyl sites for hydroxylation is 1. The number of hydrogen-bond acceptors (Lipinski definition) is 2. The molecule has 126 valence electrons. The van der Waals surface area contributed by atoms with Gasteiger partial charge in [0.1, 0.15) is 5.82 Å². The van der Waals surface area contributed by atoms with Crippen LogP contribution >= 0.6 is 15.9 Å². The van der Waals surface area contributed by atoms with Gasteiger partial charge in [0.15, 0.2) is 0 Å². The van der Waals surface area contributed by atoms with E-state index in [0.717, 1.165) is 19.6 Å². The SMILES string of the molecule is Cc1ccccc1CN1CCN(C(=O)c2ccc(Br)cc2F)CC1. The number of piperazine rings is 1. The Morgan fingerprint density at radius 3 is 2.50 bits per heavy atom. The lowest BCUT2D eigenvalue weighted by atomic mass is 10.1. The molecule has 3 nitrogen and oxygen atoms in total. The summed E-state index contributed by atoms with van der Waals surface area (Å²) in [5, 5.41) is 0. The maximum absolute atomic E-state index is 14.0. The van der Waals surface area contributed by atoms with Gasteiger partial charge in [-0.15, -0.1) is 0 Å². The van der Waals surface area contributed by atoms with E-state index in [4.69, 9.17) is 0 Å². The summed E-state index contributed by atoms with van der Waals surface area (Å²) in [5.74, 6) is -0.702. The first kappa shape index (κ1) is 17.1. The Balaban J connectivity index is 1.60. The third-order valence-electron chi connectivity index (χ3n) is 4.48. The molecule has 0 aliphatic carbocycles. The minimum absolute atomic E-state index is 0.144. The van der Waals surface area contributed by atoms with Gasteiger partial charge in [-0.3, -0.25) is 9.69 Å². The molecule has 0 aromatic heterocycles. The summed E-state index contributed by atoms with van der Waals surface area (Å²) in [6.07, 6.45) is 0. The Labute approximate surface area is 150 Å². The average molecular weight is 391 g/mol. The van der Waals surface area contributed by atoms with Crippen LogP contribution in [0.25, 0.3) is 0 Å². The number of carbonyl (C=O) groups excluding carboxylic acids is 1. The van der Waals surface area contributed by atoms with Gasteiger partial charge in [-0.1, -0.05) is 40.2 Å². The van der Waals surface area contributed by atoms with E-state index in [9.17, 15) is 9.18 Å². The van der Waals surface area contributed by atoms with Crippen molar-refractivity contribution in [2.24, 2.45) is 0 Å². The van der Waals surface area contributed by atoms with Crippen molar-refractivity contribution in [3.05, 3.63) is 69.4 Å². The molecule has 0 N–H and O–H groups in total. The molecule has 5 heteroatoms. The minimum atomic E-state index is -0.475. The van der Waals surface area contributed by atoms with Crippen LogP contribution in [0, 0.1) is 12.7 Å². The molecule has 0 bridgehead atoms. The summed E-state index contributed by atoms with van der Waals surface area (Å²) in [6.45, 7) is 5.86. The monoisotopic (exact) mass is 390 g/mol. The fourth-order valence-corrected chi connectivity index (χ4v) is 3.30. The number of amides is 1. The van der Waals surface area contributed by atoms with Crippen LogP contribution < -0.4 is 0 Å². The zero-order chi connectivity index (χ0) is 17.1. The molecule has 1 heterocycles. The van der Waals surface area contributed by atoms with Crippen LogP contribution in [0.1, 0.15) is 21.5 Å². The van der Waals surface area contributed by atoms with E-state index in [1.807, 2.05) is 6.07 Å². The van der Waals surface area contributed by atoms with Crippen LogP contribution in [0.4, 0.5) is 4.39 Å². The maximum Gasteiger partial charge on any atom is 0.256 e. The molecule has 1 fully saturated rings. The molecule has 3 rings (SSSR count). The van der Waals surface area contributed by atoms with E-state index in [1.165, 1.54) is 17.2 Å². The highest BCUT2D eigenvalue weighted by Crippen LogP contribution is 2.18. The Bertz CT molecular complexity index is 742. The predicted octanol–water partition coefficient (Wildman–Crippen LogP) is 3.85. The second kappa shape index (κ2) is 7.45. The number of hydrogen-bond donors (Lipinski definition) is 0. The lowest BCUT2D eigenvalue weighted by molar-refractivity contribution is 0.0623. The summed E-state index contributed by atoms with van der Waals surface area (Å²) in [5.41, 5.74) is 2.75. The molecule has 0 atom stereocenters. The van der Waals surface area contributed by atoms with Gasteiger partial charge in [-0.05, 0) is 36.2 Å². The quantitative estimate of drug-likeness (QED) is 0.794. The van der Waals surface area contributed by atoms with Crippen LogP contribution in [0.2, 0.25) is 0 Å². The van der Waals surface area contributed by atoms with Crippen molar-refractivity contribution in [1.29, 1.82) is 0 Å². The van der Waals surface area contributed by atoms with Crippen molar-refractivity contribution >= 4 is 21.8 Å². The third kappa shape index (κ3) is 3.84. The molecule has 0 unspecified atom stereocenters. The fraction of sp³-hybridized carbons (Fsp3) is 0.316. The van der Waals surface area contributed by atoms with Gasteiger partial charge in [0.05, 0.1) is 5.56 Å². The van der Waals surface area contributed by atoms with E-state index in [-0.39, 0.29) is 11.5 Å². The number of carbonyl (C=O) groups is 1. The summed E-state index contributed by atoms with van der Waals surface area (Å²) in [6, 6.07) is 12.9. The second-order valence-electron chi connectivity index (χ2n) is 6.12. The molecule has 1 saturated heterocycles. The zero-order valence-corrected chi connectivity index (χ0v) is 15.2. The van der Waals surface area contributed by atoms with Crippen molar-refractivity contribution in [3.8, 4) is 0 Å². The van der Waals surface area contributed by atoms with Crippen LogP contribution in [-0.4, -0.2) is 41.9 Å². The Morgan fingerprint density at radius 2 is 1.83 bits per heavy atom. The third-order valence-corrected chi connectivity index (χ3v) is 4.97. The molecule has 1 amide bonds. The summed E-state index contributed by atoms with van der Waals surface area (Å²) in [7, 11) is 0. The van der Waals surface area contributed by atoms with Gasteiger partial charge in [-0.2, -0.15) is 0 Å². The standard InChI is InChI=1S/C19H20BrFN2O/c1-14-4-2-3-5-15(14)13-22-8-10-23(11-9-22)19(24)17-7-6-16(20)12-18(17)21/h2-7,12H,8-11,13H2,1H3. The highest BCUT2D eigenvalue weighted by Gasteiger charge is 2.24. The van der Waals surface area contributed by atoms with Crippen molar-refractivity contribution in [3.63, 3.8) is 0 Å². The van der Waals surface area contributed by atoms with Crippen LogP contribution in [0.3, 0.4) is 0 Å². The van der Waals surface area contributed by atoms with E-state index in [1.54, 1.807) is 17.0 Å². The molecule has 1 aliphatic heterocycles. The van der Waals surface area contributed by atoms with Crippen LogP contribution in [0.15, 0.2) is 46.9 Å². The van der Waals surface area contributed by atoms with Gasteiger partial charge in [0.25, 0.3) is 5.91 Å². The van der Waals surface area contributed by atoms with Crippen molar-refractivity contribution in [2.75, 3.05) is 26.2 Å². The molecule has 0 radical (unpaired) electrons. The molecule has 24 heavy (non-hydrogen) atoms. The minimum Gasteiger partial charge on any atom is -0.336 e. The van der Waals surface area contributed by atoms with E-state index >= 15 is 0 Å². The smallest absolute Gasteiger partial charge is 0.256 e. The lowest BCUT2D eigenvalue weighted by Crippen LogP contribution is -2.48. The first-order valence-corrected chi connectivity index (χ1v) is 8.85. The molecule has 2 aromatic carbocycles. The summed E-state index contributed by atoms with van der Waals surface area (Å²) in [4.78, 5) is 16.6. The van der Waals surface area contributed by atoms with Gasteiger partial charge >= 0.3 is 0 Å². The second-order valence-corrected chi connectivity index (χ2v) is 7.03. The topological polar surface area (TPSA) is 23.6 Å². The van der Waals surface area contributed by atoms with E-state index in [0.29, 0.717) is 17.6 Å². The Morgan fingerprint density at radius 1 is 1.12 bits per heavy atom. The van der Waals surface area contributed by atoms with Gasteiger partial charge in [0.2, 0.25) is 0 Å². The van der Waals surface area contributed by atoms with Crippen LogP contribution in [0.5, 0.6) is 0 Å². The molecule has 0 saturated carbocycles. The van der Waals surface area contributed by atoms with Crippen molar-refractivity contribution in [2.45, 2.75) is 13.5 Å². The largest absolute Gasteiger partial charge is 0.336 e. The number of nitrogens with zero attached hydrogens (tertiary/aromatic N) is 2. The molecule has 2 aromatic rings. The molecule has 0 spiro atoms. The summed E-state index contributed by atoms with van der Waals surface area (Å²) < 4.78 is 14.6. The summed E-state index contributed by atoms with van der Waals surface area (Å²) >= 11 is 3.22. The zero-order valence-electron chi connectivity index (χ0n) is 13.6. The number of halogens is 2. The first-order valence-electron chi connectivity index (χ1n) is 8.06. The van der Waals surface area contributed by atoms with Crippen molar-refractivity contribution < 1.29 is 9.18 Å². The Hall–Kier alpha value is -1.72. The number of benzene rings is 2. The normalized spacial score (nSPS) is 15.5. The predicted molar refractivity (Wildman–Crippen MR) is 96.5 cm³/mol. The van der Waals surface area contributed by atoms with E-state index in [2.05, 4.69) is 46.0 Å². The van der Waals surface area contributed by atoms with Crippen LogP contribution in [-0.2, 0) is 6.54 Å². The Kier molecular flexibility index (Phi) is 5.31. The highest BCUT2D eigenvalue weighted by atomic mass is 79.9. The molecule has 1 aliphatic rings. The number of rotatable bonds is 3. The molecular formula is C19H20BrFN2O. The van der Waals surface area contributed by atoms with Gasteiger partial charge < -0.3 is 4.90 Å². The van der Waals surface area contributed by atoms with Gasteiger partial charge in [0, 0.05) is 37.2 Å². The highest BCUT2D eigenvalue weighted by molar-refractivity contribution is 9.10. The maximum atomic E-state index is 14.0. The lowest BCUT2D eigenvalue weighted by Gasteiger charge is -2.35. The van der Waals surface area contributed by atoms with E-state index < -0.39 is 5.82 Å². The van der Waals surface area contributed by atoms with Crippen molar-refractivity contribution in [1.82, 2.24) is 9.80 Å². The first-order chi connectivity index (χ1) is 11.5. The fourth-order valence-electron chi connectivity index (χ4n) is 2.97. The van der Waals surface area contributed by atoms with Gasteiger partial charge in [-0.25, -0.2) is 4.39 Å².